The Bertz CT molecular complexity index is 1390. The number of hydrogen-bond acceptors (Lipinski definition) is 10. The van der Waals surface area contributed by atoms with E-state index in [0.717, 1.165) is 62.6 Å². The molecule has 3 aliphatic rings. The lowest BCUT2D eigenvalue weighted by atomic mass is 9.99. The number of nitrogens with zero attached hydrogens (tertiary/aromatic N) is 1. The van der Waals surface area contributed by atoms with Crippen molar-refractivity contribution in [3.8, 4) is 28.6 Å². The van der Waals surface area contributed by atoms with E-state index in [0.29, 0.717) is 55.5 Å². The number of carbonyl (C=O) groups excluding carboxylic acids is 1. The Morgan fingerprint density at radius 2 is 1.86 bits per heavy atom. The average Bonchev–Trinajstić information content (AvgIpc) is 3.08. The summed E-state index contributed by atoms with van der Waals surface area (Å²) < 4.78 is 28.9. The molecular formula is C33H41N5O6. The third-order valence-electron chi connectivity index (χ3n) is 8.07. The highest BCUT2D eigenvalue weighted by atomic mass is 16.6. The van der Waals surface area contributed by atoms with Gasteiger partial charge in [0.25, 0.3) is 0 Å². The molecule has 0 aliphatic carbocycles. The van der Waals surface area contributed by atoms with Gasteiger partial charge in [0.2, 0.25) is 11.8 Å². The number of morpholine rings is 1. The van der Waals surface area contributed by atoms with Crippen molar-refractivity contribution in [2.45, 2.75) is 31.5 Å². The number of carbonyl (C=O) groups is 1. The fraction of sp³-hybridized carbons (Fsp3) is 0.455. The van der Waals surface area contributed by atoms with Crippen LogP contribution in [0.4, 0.5) is 11.4 Å². The van der Waals surface area contributed by atoms with E-state index < -0.39 is 0 Å². The number of ether oxygens (including phenoxy) is 5. The van der Waals surface area contributed by atoms with E-state index in [2.05, 4.69) is 33.4 Å². The van der Waals surface area contributed by atoms with Gasteiger partial charge in [0.1, 0.15) is 18.4 Å². The van der Waals surface area contributed by atoms with Crippen molar-refractivity contribution in [3.05, 3.63) is 60.2 Å². The molecule has 3 aromatic rings. The molecular weight excluding hydrogens is 562 g/mol. The number of anilines is 2. The van der Waals surface area contributed by atoms with E-state index in [9.17, 15) is 4.79 Å². The minimum Gasteiger partial charge on any atom is -0.486 e. The molecule has 234 valence electrons. The highest BCUT2D eigenvalue weighted by Crippen LogP contribution is 2.41. The topological polar surface area (TPSA) is 124 Å². The number of methoxy groups -OCH3 is 1. The monoisotopic (exact) mass is 603 g/mol. The van der Waals surface area contributed by atoms with Gasteiger partial charge in [-0.05, 0) is 54.8 Å². The Hall–Kier alpha value is -3.90. The highest BCUT2D eigenvalue weighted by Gasteiger charge is 2.27. The number of benzene rings is 2. The fourth-order valence-electron chi connectivity index (χ4n) is 5.60. The largest absolute Gasteiger partial charge is 0.486 e. The number of para-hydroxylation sites is 1. The van der Waals surface area contributed by atoms with Gasteiger partial charge in [-0.15, -0.1) is 0 Å². The summed E-state index contributed by atoms with van der Waals surface area (Å²) >= 11 is 0. The Balaban J connectivity index is 1.08. The summed E-state index contributed by atoms with van der Waals surface area (Å²) in [5, 5.41) is 13.4. The molecule has 2 saturated heterocycles. The van der Waals surface area contributed by atoms with Gasteiger partial charge in [0.05, 0.1) is 32.6 Å². The van der Waals surface area contributed by atoms with Crippen LogP contribution in [-0.2, 0) is 20.8 Å². The third-order valence-corrected chi connectivity index (χ3v) is 8.07. The maximum absolute atomic E-state index is 12.6. The number of hydrogen-bond donors (Lipinski definition) is 4. The summed E-state index contributed by atoms with van der Waals surface area (Å²) in [4.78, 5) is 17.4. The van der Waals surface area contributed by atoms with Crippen molar-refractivity contribution in [2.24, 2.45) is 5.92 Å². The molecule has 0 spiro atoms. The predicted molar refractivity (Wildman–Crippen MR) is 167 cm³/mol. The average molecular weight is 604 g/mol. The molecule has 2 atom stereocenters. The predicted octanol–water partition coefficient (Wildman–Crippen LogP) is 3.26. The molecule has 2 unspecified atom stereocenters. The van der Waals surface area contributed by atoms with Crippen LogP contribution in [0.1, 0.15) is 18.4 Å². The van der Waals surface area contributed by atoms with Gasteiger partial charge >= 0.3 is 0 Å². The zero-order valence-corrected chi connectivity index (χ0v) is 25.1. The molecule has 44 heavy (non-hydrogen) atoms. The summed E-state index contributed by atoms with van der Waals surface area (Å²) in [5.41, 5.74) is 4.37. The zero-order valence-electron chi connectivity index (χ0n) is 25.1. The van der Waals surface area contributed by atoms with Gasteiger partial charge in [-0.2, -0.15) is 0 Å². The molecule has 4 N–H and O–H groups in total. The molecule has 2 aromatic carbocycles. The highest BCUT2D eigenvalue weighted by molar-refractivity contribution is 5.79. The van der Waals surface area contributed by atoms with Crippen LogP contribution < -0.4 is 35.5 Å². The molecule has 6 rings (SSSR count). The lowest BCUT2D eigenvalue weighted by Crippen LogP contribution is -2.47. The summed E-state index contributed by atoms with van der Waals surface area (Å²) in [7, 11) is 1.61. The minimum atomic E-state index is -0.314. The second kappa shape index (κ2) is 14.7. The Morgan fingerprint density at radius 3 is 2.66 bits per heavy atom. The van der Waals surface area contributed by atoms with E-state index in [1.54, 1.807) is 7.11 Å². The number of fused-ring (bicyclic) bond motifs is 1. The first-order valence-electron chi connectivity index (χ1n) is 15.4. The fourth-order valence-corrected chi connectivity index (χ4v) is 5.60. The van der Waals surface area contributed by atoms with Crippen LogP contribution >= 0.6 is 0 Å². The SMILES string of the molecule is COc1nc(-c2cccc3c2OC(CNC(=O)C2CCOCC2)CO3)ccc1Nc1ccc(CNCC2COCCN2)cc1. The van der Waals surface area contributed by atoms with Crippen LogP contribution in [0.5, 0.6) is 17.4 Å². The van der Waals surface area contributed by atoms with E-state index >= 15 is 0 Å². The summed E-state index contributed by atoms with van der Waals surface area (Å²) in [5.74, 6) is 1.75. The van der Waals surface area contributed by atoms with Crippen molar-refractivity contribution in [1.82, 2.24) is 20.9 Å². The van der Waals surface area contributed by atoms with E-state index in [1.807, 2.05) is 42.5 Å². The first kappa shape index (κ1) is 30.1. The Labute approximate surface area is 258 Å². The normalized spacial score (nSPS) is 20.1. The van der Waals surface area contributed by atoms with Crippen LogP contribution in [0.3, 0.4) is 0 Å². The zero-order chi connectivity index (χ0) is 30.1. The first-order chi connectivity index (χ1) is 21.7. The van der Waals surface area contributed by atoms with E-state index in [4.69, 9.17) is 28.7 Å². The lowest BCUT2D eigenvalue weighted by molar-refractivity contribution is -0.128. The maximum atomic E-state index is 12.6. The van der Waals surface area contributed by atoms with Gasteiger partial charge in [-0.3, -0.25) is 4.79 Å². The molecule has 11 nitrogen and oxygen atoms in total. The Kier molecular flexibility index (Phi) is 10.1. The van der Waals surface area contributed by atoms with Gasteiger partial charge in [-0.25, -0.2) is 4.98 Å². The molecule has 0 radical (unpaired) electrons. The third kappa shape index (κ3) is 7.59. The number of amides is 1. The maximum Gasteiger partial charge on any atom is 0.238 e. The van der Waals surface area contributed by atoms with Gasteiger partial charge in [-0.1, -0.05) is 18.2 Å². The first-order valence-corrected chi connectivity index (χ1v) is 15.4. The van der Waals surface area contributed by atoms with Crippen molar-refractivity contribution in [1.29, 1.82) is 0 Å². The number of pyridine rings is 1. The van der Waals surface area contributed by atoms with Crippen LogP contribution in [0, 0.1) is 5.92 Å². The molecule has 1 aromatic heterocycles. The van der Waals surface area contributed by atoms with Crippen LogP contribution in [0.15, 0.2) is 54.6 Å². The summed E-state index contributed by atoms with van der Waals surface area (Å²) in [6.45, 7) is 6.06. The minimum absolute atomic E-state index is 0.0144. The Morgan fingerprint density at radius 1 is 1.00 bits per heavy atom. The molecule has 3 aliphatic heterocycles. The van der Waals surface area contributed by atoms with Gasteiger partial charge in [0.15, 0.2) is 11.5 Å². The summed E-state index contributed by atoms with van der Waals surface area (Å²) in [6, 6.07) is 18.3. The van der Waals surface area contributed by atoms with Crippen molar-refractivity contribution in [2.75, 3.05) is 65.1 Å². The van der Waals surface area contributed by atoms with Gasteiger partial charge in [0, 0.05) is 56.1 Å². The van der Waals surface area contributed by atoms with Gasteiger partial charge < -0.3 is 45.0 Å². The van der Waals surface area contributed by atoms with E-state index in [1.165, 1.54) is 5.56 Å². The van der Waals surface area contributed by atoms with Crippen LogP contribution in [-0.4, -0.2) is 82.8 Å². The summed E-state index contributed by atoms with van der Waals surface area (Å²) in [6.07, 6.45) is 1.18. The quantitative estimate of drug-likeness (QED) is 0.260. The number of rotatable bonds is 11. The lowest BCUT2D eigenvalue weighted by Gasteiger charge is -2.29. The van der Waals surface area contributed by atoms with Crippen LogP contribution in [0.2, 0.25) is 0 Å². The molecule has 0 saturated carbocycles. The molecule has 11 heteroatoms. The standard InChI is InChI=1S/C33H41N5O6/c1-40-33-29(37-24-7-5-22(6-8-24)17-34-18-25-20-42-16-13-35-25)10-9-28(38-33)27-3-2-4-30-31(27)44-26(21-43-30)19-36-32(39)23-11-14-41-15-12-23/h2-10,23,25-26,34-35,37H,11-21H2,1H3,(H,36,39). The van der Waals surface area contributed by atoms with Crippen molar-refractivity contribution >= 4 is 17.3 Å². The molecule has 0 bridgehead atoms. The second-order valence-corrected chi connectivity index (χ2v) is 11.2. The smallest absolute Gasteiger partial charge is 0.238 e. The van der Waals surface area contributed by atoms with Crippen molar-refractivity contribution < 1.29 is 28.5 Å². The van der Waals surface area contributed by atoms with E-state index in [-0.39, 0.29) is 17.9 Å². The number of nitrogens with one attached hydrogen (secondary N) is 4. The molecule has 1 amide bonds. The molecule has 2 fully saturated rings. The second-order valence-electron chi connectivity index (χ2n) is 11.2. The van der Waals surface area contributed by atoms with Crippen molar-refractivity contribution in [3.63, 3.8) is 0 Å². The van der Waals surface area contributed by atoms with Crippen LogP contribution in [0.25, 0.3) is 11.3 Å². The number of aromatic nitrogens is 1. The molecule has 4 heterocycles.